The topological polar surface area (TPSA) is 88.0 Å². The number of carbonyl (C=O) groups is 2. The van der Waals surface area contributed by atoms with E-state index in [4.69, 9.17) is 4.42 Å². The zero-order chi connectivity index (χ0) is 18.9. The molecule has 3 amide bonds. The summed E-state index contributed by atoms with van der Waals surface area (Å²) in [6.45, 7) is 6.81. The van der Waals surface area contributed by atoms with Crippen molar-refractivity contribution in [1.82, 2.24) is 10.6 Å². The summed E-state index contributed by atoms with van der Waals surface area (Å²) >= 11 is 0. The summed E-state index contributed by atoms with van der Waals surface area (Å²) in [7, 11) is 0. The maximum atomic E-state index is 12.0. The number of quaternary nitrogens is 1. The van der Waals surface area contributed by atoms with E-state index in [-0.39, 0.29) is 25.0 Å². The van der Waals surface area contributed by atoms with E-state index >= 15 is 0 Å². The summed E-state index contributed by atoms with van der Waals surface area (Å²) in [5.74, 6) is 0.676. The van der Waals surface area contributed by atoms with E-state index in [1.165, 1.54) is 17.4 Å². The quantitative estimate of drug-likeness (QED) is 0.675. The highest BCUT2D eigenvalue weighted by atomic mass is 16.3. The van der Waals surface area contributed by atoms with E-state index in [9.17, 15) is 9.59 Å². The predicted molar refractivity (Wildman–Crippen MR) is 99.3 cm³/mol. The van der Waals surface area contributed by atoms with Crippen LogP contribution in [-0.2, 0) is 17.8 Å². The molecule has 2 rings (SSSR count). The summed E-state index contributed by atoms with van der Waals surface area (Å²) in [6.07, 6.45) is 2.54. The minimum absolute atomic E-state index is 0.165. The summed E-state index contributed by atoms with van der Waals surface area (Å²) in [5, 5.41) is 6.91. The van der Waals surface area contributed by atoms with Crippen LogP contribution in [0, 0.1) is 5.92 Å². The molecule has 4 N–H and O–H groups in total. The van der Waals surface area contributed by atoms with Crippen molar-refractivity contribution in [3.05, 3.63) is 59.5 Å². The number of amides is 3. The average Bonchev–Trinajstić information content (AvgIpc) is 3.14. The number of furan rings is 1. The van der Waals surface area contributed by atoms with E-state index in [0.717, 1.165) is 6.42 Å². The van der Waals surface area contributed by atoms with Gasteiger partial charge < -0.3 is 15.1 Å². The van der Waals surface area contributed by atoms with Crippen LogP contribution in [0.2, 0.25) is 0 Å². The third-order valence-corrected chi connectivity index (χ3v) is 4.30. The molecule has 0 saturated heterocycles. The highest BCUT2D eigenvalue weighted by Gasteiger charge is 2.21. The number of hydrogen-bond donors (Lipinski definition) is 3. The first-order valence-corrected chi connectivity index (χ1v) is 9.01. The highest BCUT2D eigenvalue weighted by molar-refractivity contribution is 5.94. The van der Waals surface area contributed by atoms with Gasteiger partial charge in [-0.25, -0.2) is 4.79 Å². The lowest BCUT2D eigenvalue weighted by molar-refractivity contribution is -0.692. The van der Waals surface area contributed by atoms with Gasteiger partial charge in [-0.3, -0.25) is 10.1 Å². The SMILES string of the molecule is CCc1ccc([C@H]([NH2+]CC(=O)NC(=O)NCc2ccco2)C(C)C)cc1. The van der Waals surface area contributed by atoms with Gasteiger partial charge in [-0.2, -0.15) is 0 Å². The summed E-state index contributed by atoms with van der Waals surface area (Å²) in [5.41, 5.74) is 2.48. The molecule has 0 saturated carbocycles. The number of nitrogens with two attached hydrogens (primary N) is 1. The Morgan fingerprint density at radius 1 is 1.15 bits per heavy atom. The van der Waals surface area contributed by atoms with Gasteiger partial charge in [0.05, 0.1) is 12.8 Å². The van der Waals surface area contributed by atoms with E-state index in [1.807, 2.05) is 5.32 Å². The van der Waals surface area contributed by atoms with Crippen LogP contribution in [0.1, 0.15) is 43.7 Å². The summed E-state index contributed by atoms with van der Waals surface area (Å²) < 4.78 is 5.13. The summed E-state index contributed by atoms with van der Waals surface area (Å²) in [6, 6.07) is 11.6. The van der Waals surface area contributed by atoms with Gasteiger partial charge in [0, 0.05) is 11.5 Å². The van der Waals surface area contributed by atoms with Gasteiger partial charge in [-0.05, 0) is 24.1 Å². The van der Waals surface area contributed by atoms with E-state index in [1.54, 1.807) is 12.1 Å². The third kappa shape index (κ3) is 6.04. The van der Waals surface area contributed by atoms with Crippen LogP contribution in [0.15, 0.2) is 47.1 Å². The fourth-order valence-electron chi connectivity index (χ4n) is 2.81. The van der Waals surface area contributed by atoms with Gasteiger partial charge >= 0.3 is 6.03 Å². The van der Waals surface area contributed by atoms with Crippen LogP contribution in [0.25, 0.3) is 0 Å². The van der Waals surface area contributed by atoms with Crippen molar-refractivity contribution in [3.63, 3.8) is 0 Å². The van der Waals surface area contributed by atoms with Crippen LogP contribution >= 0.6 is 0 Å². The molecule has 0 spiro atoms. The second-order valence-electron chi connectivity index (χ2n) is 6.61. The largest absolute Gasteiger partial charge is 0.467 e. The molecule has 1 atom stereocenters. The second-order valence-corrected chi connectivity index (χ2v) is 6.61. The zero-order valence-electron chi connectivity index (χ0n) is 15.6. The van der Waals surface area contributed by atoms with Crippen LogP contribution in [-0.4, -0.2) is 18.5 Å². The van der Waals surface area contributed by atoms with Crippen molar-refractivity contribution >= 4 is 11.9 Å². The maximum absolute atomic E-state index is 12.0. The first-order valence-electron chi connectivity index (χ1n) is 9.01. The molecule has 0 fully saturated rings. The number of hydrogen-bond acceptors (Lipinski definition) is 3. The van der Waals surface area contributed by atoms with Gasteiger partial charge in [-0.1, -0.05) is 45.0 Å². The molecule has 1 heterocycles. The van der Waals surface area contributed by atoms with Crippen molar-refractivity contribution in [2.45, 2.75) is 39.8 Å². The van der Waals surface area contributed by atoms with E-state index in [2.05, 4.69) is 55.7 Å². The molecule has 0 radical (unpaired) electrons. The van der Waals surface area contributed by atoms with Crippen molar-refractivity contribution in [2.24, 2.45) is 5.92 Å². The Morgan fingerprint density at radius 2 is 1.88 bits per heavy atom. The highest BCUT2D eigenvalue weighted by Crippen LogP contribution is 2.18. The average molecular weight is 358 g/mol. The molecule has 0 unspecified atom stereocenters. The van der Waals surface area contributed by atoms with Crippen LogP contribution in [0.4, 0.5) is 4.79 Å². The number of benzene rings is 1. The van der Waals surface area contributed by atoms with Crippen molar-refractivity contribution in [3.8, 4) is 0 Å². The Kier molecular flexibility index (Phi) is 7.41. The zero-order valence-corrected chi connectivity index (χ0v) is 15.6. The van der Waals surface area contributed by atoms with Crippen LogP contribution < -0.4 is 16.0 Å². The Balaban J connectivity index is 1.81. The standard InChI is InChI=1S/C20H27N3O3/c1-4-15-7-9-16(10-8-15)19(14(2)3)21-13-18(24)23-20(25)22-12-17-6-5-11-26-17/h5-11,14,19,21H,4,12-13H2,1-3H3,(H2,22,23,24,25)/p+1/t19-/m1/s1. The first-order chi connectivity index (χ1) is 12.5. The minimum Gasteiger partial charge on any atom is -0.467 e. The minimum atomic E-state index is -0.520. The van der Waals surface area contributed by atoms with Crippen LogP contribution in [0.5, 0.6) is 0 Å². The Labute approximate surface area is 154 Å². The fourth-order valence-corrected chi connectivity index (χ4v) is 2.81. The molecule has 6 nitrogen and oxygen atoms in total. The molecule has 0 aliphatic carbocycles. The molecule has 140 valence electrons. The lowest BCUT2D eigenvalue weighted by atomic mass is 9.95. The van der Waals surface area contributed by atoms with Crippen LogP contribution in [0.3, 0.4) is 0 Å². The maximum Gasteiger partial charge on any atom is 0.321 e. The van der Waals surface area contributed by atoms with E-state index in [0.29, 0.717) is 11.7 Å². The molecule has 1 aromatic carbocycles. The predicted octanol–water partition coefficient (Wildman–Crippen LogP) is 2.13. The van der Waals surface area contributed by atoms with Gasteiger partial charge in [0.25, 0.3) is 5.91 Å². The molecule has 0 aliphatic heterocycles. The Morgan fingerprint density at radius 3 is 2.46 bits per heavy atom. The third-order valence-electron chi connectivity index (χ3n) is 4.30. The molecular formula is C20H28N3O3+. The normalized spacial score (nSPS) is 12.0. The Hall–Kier alpha value is -2.60. The van der Waals surface area contributed by atoms with E-state index < -0.39 is 6.03 Å². The number of rotatable bonds is 8. The number of carbonyl (C=O) groups excluding carboxylic acids is 2. The number of imide groups is 1. The molecule has 0 bridgehead atoms. The van der Waals surface area contributed by atoms with Crippen molar-refractivity contribution in [2.75, 3.05) is 6.54 Å². The van der Waals surface area contributed by atoms with Crippen molar-refractivity contribution < 1.29 is 19.3 Å². The van der Waals surface area contributed by atoms with Gasteiger partial charge in [0.1, 0.15) is 11.8 Å². The van der Waals surface area contributed by atoms with Gasteiger partial charge in [0.15, 0.2) is 6.54 Å². The molecule has 0 aliphatic rings. The lowest BCUT2D eigenvalue weighted by Gasteiger charge is -2.19. The second kappa shape index (κ2) is 9.77. The molecule has 2 aromatic rings. The summed E-state index contributed by atoms with van der Waals surface area (Å²) in [4.78, 5) is 23.8. The monoisotopic (exact) mass is 358 g/mol. The Bertz CT molecular complexity index is 694. The lowest BCUT2D eigenvalue weighted by Crippen LogP contribution is -2.88. The molecule has 26 heavy (non-hydrogen) atoms. The molecular weight excluding hydrogens is 330 g/mol. The van der Waals surface area contributed by atoms with Gasteiger partial charge in [-0.15, -0.1) is 0 Å². The first kappa shape index (κ1) is 19.7. The number of aryl methyl sites for hydroxylation is 1. The van der Waals surface area contributed by atoms with Gasteiger partial charge in [0.2, 0.25) is 0 Å². The number of nitrogens with one attached hydrogen (secondary N) is 2. The van der Waals surface area contributed by atoms with Crippen molar-refractivity contribution in [1.29, 1.82) is 0 Å². The molecule has 6 heteroatoms. The number of urea groups is 1. The smallest absolute Gasteiger partial charge is 0.321 e. The fraction of sp³-hybridized carbons (Fsp3) is 0.400. The molecule has 1 aromatic heterocycles.